The monoisotopic (exact) mass is 292 g/mol. The zero-order valence-electron chi connectivity index (χ0n) is 12.1. The van der Waals surface area contributed by atoms with Crippen molar-refractivity contribution in [1.29, 1.82) is 0 Å². The lowest BCUT2D eigenvalue weighted by atomic mass is 9.82. The molecule has 1 aromatic carbocycles. The molecule has 0 N–H and O–H groups in total. The van der Waals surface area contributed by atoms with Crippen LogP contribution in [0.25, 0.3) is 0 Å². The zero-order valence-corrected chi connectivity index (χ0v) is 12.1. The van der Waals surface area contributed by atoms with Crippen LogP contribution >= 0.6 is 0 Å². The standard InChI is InChI=1S/C16H21FN2O.CH4/c1-3-16(4-2)11-18-10-9-14(19(18)15(16)20)12-5-7-13(17)8-6-12;/h5-8,14H,3-4,9-11H2,1-2H3;1H4. The molecule has 0 bridgehead atoms. The van der Waals surface area contributed by atoms with Gasteiger partial charge in [-0.1, -0.05) is 33.4 Å². The molecule has 2 heterocycles. The molecule has 0 spiro atoms. The molecule has 0 aliphatic carbocycles. The van der Waals surface area contributed by atoms with Gasteiger partial charge in [0, 0.05) is 13.1 Å². The molecule has 2 fully saturated rings. The van der Waals surface area contributed by atoms with E-state index in [0.717, 1.165) is 37.9 Å². The third-order valence-electron chi connectivity index (χ3n) is 5.02. The molecule has 0 saturated carbocycles. The maximum atomic E-state index is 13.1. The Bertz CT molecular complexity index is 510. The van der Waals surface area contributed by atoms with E-state index in [-0.39, 0.29) is 30.6 Å². The van der Waals surface area contributed by atoms with Crippen molar-refractivity contribution in [3.8, 4) is 0 Å². The van der Waals surface area contributed by atoms with E-state index in [1.54, 1.807) is 12.1 Å². The van der Waals surface area contributed by atoms with Crippen molar-refractivity contribution in [2.75, 3.05) is 13.1 Å². The van der Waals surface area contributed by atoms with E-state index in [9.17, 15) is 9.18 Å². The molecule has 1 unspecified atom stereocenters. The molecule has 3 nitrogen and oxygen atoms in total. The van der Waals surface area contributed by atoms with Gasteiger partial charge in [-0.2, -0.15) is 0 Å². The summed E-state index contributed by atoms with van der Waals surface area (Å²) in [7, 11) is 0. The molecule has 0 radical (unpaired) electrons. The summed E-state index contributed by atoms with van der Waals surface area (Å²) in [5.41, 5.74) is 0.809. The summed E-state index contributed by atoms with van der Waals surface area (Å²) in [6.45, 7) is 5.93. The first-order valence-corrected chi connectivity index (χ1v) is 7.45. The van der Waals surface area contributed by atoms with Crippen LogP contribution in [0, 0.1) is 11.2 Å². The van der Waals surface area contributed by atoms with Crippen LogP contribution in [0.4, 0.5) is 4.39 Å². The van der Waals surface area contributed by atoms with Crippen molar-refractivity contribution < 1.29 is 9.18 Å². The van der Waals surface area contributed by atoms with Gasteiger partial charge in [0.25, 0.3) is 0 Å². The summed E-state index contributed by atoms with van der Waals surface area (Å²) in [6, 6.07) is 6.63. The maximum Gasteiger partial charge on any atom is 0.245 e. The summed E-state index contributed by atoms with van der Waals surface area (Å²) < 4.78 is 13.1. The predicted molar refractivity (Wildman–Crippen MR) is 81.9 cm³/mol. The third kappa shape index (κ3) is 2.35. The van der Waals surface area contributed by atoms with Gasteiger partial charge in [-0.05, 0) is 37.0 Å². The van der Waals surface area contributed by atoms with Gasteiger partial charge < -0.3 is 0 Å². The molecule has 1 atom stereocenters. The number of hydrazine groups is 1. The number of benzene rings is 1. The molecule has 3 rings (SSSR count). The van der Waals surface area contributed by atoms with Crippen LogP contribution in [0.15, 0.2) is 24.3 Å². The molecule has 2 aliphatic rings. The topological polar surface area (TPSA) is 23.6 Å². The van der Waals surface area contributed by atoms with Gasteiger partial charge in [0.1, 0.15) is 5.82 Å². The first-order valence-electron chi connectivity index (χ1n) is 7.45. The van der Waals surface area contributed by atoms with Gasteiger partial charge >= 0.3 is 0 Å². The van der Waals surface area contributed by atoms with E-state index < -0.39 is 0 Å². The number of fused-ring (bicyclic) bond motifs is 1. The number of amides is 1. The SMILES string of the molecule is C.CCC1(CC)CN2CCC(c3ccc(F)cc3)N2C1=O. The Morgan fingerprint density at radius 1 is 1.24 bits per heavy atom. The number of carbonyl (C=O) groups excluding carboxylic acids is 1. The lowest BCUT2D eigenvalue weighted by Gasteiger charge is -2.27. The minimum absolute atomic E-state index is 0. The van der Waals surface area contributed by atoms with Crippen molar-refractivity contribution in [1.82, 2.24) is 10.0 Å². The number of hydrogen-bond acceptors (Lipinski definition) is 2. The Morgan fingerprint density at radius 2 is 1.86 bits per heavy atom. The molecule has 116 valence electrons. The lowest BCUT2D eigenvalue weighted by Crippen LogP contribution is -2.36. The second-order valence-electron chi connectivity index (χ2n) is 5.88. The summed E-state index contributed by atoms with van der Waals surface area (Å²) >= 11 is 0. The van der Waals surface area contributed by atoms with Gasteiger partial charge in [0.2, 0.25) is 5.91 Å². The van der Waals surface area contributed by atoms with Crippen LogP contribution in [0.5, 0.6) is 0 Å². The second kappa shape index (κ2) is 5.76. The molecule has 2 saturated heterocycles. The summed E-state index contributed by atoms with van der Waals surface area (Å²) in [6.07, 6.45) is 2.69. The van der Waals surface area contributed by atoms with Crippen molar-refractivity contribution >= 4 is 5.91 Å². The van der Waals surface area contributed by atoms with Crippen molar-refractivity contribution in [3.05, 3.63) is 35.6 Å². The van der Waals surface area contributed by atoms with Gasteiger partial charge in [0.05, 0.1) is 11.5 Å². The molecule has 1 aromatic rings. The molecule has 4 heteroatoms. The minimum Gasteiger partial charge on any atom is -0.273 e. The van der Waals surface area contributed by atoms with Gasteiger partial charge in [-0.15, -0.1) is 0 Å². The first kappa shape index (κ1) is 16.0. The van der Waals surface area contributed by atoms with Gasteiger partial charge in [-0.25, -0.2) is 9.40 Å². The van der Waals surface area contributed by atoms with Crippen LogP contribution in [0.1, 0.15) is 52.1 Å². The number of halogens is 1. The highest BCUT2D eigenvalue weighted by atomic mass is 19.1. The summed E-state index contributed by atoms with van der Waals surface area (Å²) in [5.74, 6) is 0.0159. The van der Waals surface area contributed by atoms with E-state index in [4.69, 9.17) is 0 Å². The Balaban J connectivity index is 0.00000161. The Kier molecular flexibility index (Phi) is 4.38. The van der Waals surface area contributed by atoms with Crippen molar-refractivity contribution in [3.63, 3.8) is 0 Å². The molecule has 0 aromatic heterocycles. The highest BCUT2D eigenvalue weighted by Gasteiger charge is 2.53. The molecular weight excluding hydrogens is 267 g/mol. The van der Waals surface area contributed by atoms with Crippen molar-refractivity contribution in [2.24, 2.45) is 5.41 Å². The summed E-state index contributed by atoms with van der Waals surface area (Å²) in [5, 5.41) is 4.11. The number of rotatable bonds is 3. The number of hydrogen-bond donors (Lipinski definition) is 0. The average Bonchev–Trinajstić information content (AvgIpc) is 2.99. The van der Waals surface area contributed by atoms with Crippen LogP contribution in [-0.4, -0.2) is 29.0 Å². The van der Waals surface area contributed by atoms with E-state index >= 15 is 0 Å². The highest BCUT2D eigenvalue weighted by molar-refractivity contribution is 5.85. The number of nitrogens with zero attached hydrogens (tertiary/aromatic N) is 2. The lowest BCUT2D eigenvalue weighted by molar-refractivity contribution is -0.143. The first-order chi connectivity index (χ1) is 9.61. The molecule has 1 amide bonds. The maximum absolute atomic E-state index is 13.1. The Morgan fingerprint density at radius 3 is 2.43 bits per heavy atom. The van der Waals surface area contributed by atoms with Crippen molar-refractivity contribution in [2.45, 2.75) is 46.6 Å². The minimum atomic E-state index is -0.229. The zero-order chi connectivity index (χ0) is 14.3. The van der Waals surface area contributed by atoms with Crippen LogP contribution < -0.4 is 0 Å². The van der Waals surface area contributed by atoms with Gasteiger partial charge in [-0.3, -0.25) is 9.80 Å². The van der Waals surface area contributed by atoms with Crippen LogP contribution in [0.3, 0.4) is 0 Å². The molecule has 2 aliphatic heterocycles. The Hall–Kier alpha value is -1.42. The number of carbonyl (C=O) groups is 1. The molecule has 21 heavy (non-hydrogen) atoms. The molecular formula is C17H25FN2O. The smallest absolute Gasteiger partial charge is 0.245 e. The van der Waals surface area contributed by atoms with E-state index in [0.29, 0.717) is 0 Å². The van der Waals surface area contributed by atoms with Crippen LogP contribution in [0.2, 0.25) is 0 Å². The highest BCUT2D eigenvalue weighted by Crippen LogP contribution is 2.45. The van der Waals surface area contributed by atoms with Gasteiger partial charge in [0.15, 0.2) is 0 Å². The fourth-order valence-corrected chi connectivity index (χ4v) is 3.55. The Labute approximate surface area is 126 Å². The quantitative estimate of drug-likeness (QED) is 0.846. The fraction of sp³-hybridized carbons (Fsp3) is 0.588. The van der Waals surface area contributed by atoms with Crippen LogP contribution in [-0.2, 0) is 4.79 Å². The van der Waals surface area contributed by atoms with E-state index in [1.807, 2.05) is 5.01 Å². The van der Waals surface area contributed by atoms with E-state index in [1.165, 1.54) is 12.1 Å². The normalized spacial score (nSPS) is 24.0. The predicted octanol–water partition coefficient (Wildman–Crippen LogP) is 3.77. The fourth-order valence-electron chi connectivity index (χ4n) is 3.55. The average molecular weight is 292 g/mol. The third-order valence-corrected chi connectivity index (χ3v) is 5.02. The van der Waals surface area contributed by atoms with E-state index in [2.05, 4.69) is 18.9 Å². The largest absolute Gasteiger partial charge is 0.273 e. The second-order valence-corrected chi connectivity index (χ2v) is 5.88. The summed E-state index contributed by atoms with van der Waals surface area (Å²) in [4.78, 5) is 12.8.